The predicted octanol–water partition coefficient (Wildman–Crippen LogP) is 2.14. The Kier molecular flexibility index (Phi) is 4.24. The van der Waals surface area contributed by atoms with Crippen molar-refractivity contribution >= 4 is 37.4 Å². The minimum atomic E-state index is -3.38. The van der Waals surface area contributed by atoms with Crippen molar-refractivity contribution in [3.05, 3.63) is 24.7 Å². The van der Waals surface area contributed by atoms with Crippen LogP contribution in [-0.4, -0.2) is 43.8 Å². The van der Waals surface area contributed by atoms with Crippen molar-refractivity contribution < 1.29 is 17.9 Å². The molecule has 2 aromatic heterocycles. The van der Waals surface area contributed by atoms with Crippen LogP contribution in [0.15, 0.2) is 24.7 Å². The Morgan fingerprint density at radius 3 is 2.46 bits per heavy atom. The van der Waals surface area contributed by atoms with Crippen LogP contribution >= 0.6 is 11.3 Å². The number of aromatic nitrogens is 3. The summed E-state index contributed by atoms with van der Waals surface area (Å²) in [5.74, 6) is 1.12. The number of methoxy groups -OCH3 is 2. The first-order chi connectivity index (χ1) is 11.4. The first-order valence-corrected chi connectivity index (χ1v) is 9.43. The minimum absolute atomic E-state index is 0.278. The number of nitrogens with one attached hydrogen (secondary N) is 1. The molecular formula is C14H14N4O4S2. The van der Waals surface area contributed by atoms with Crippen LogP contribution in [0.4, 0.5) is 5.13 Å². The molecule has 0 amide bonds. The van der Waals surface area contributed by atoms with Gasteiger partial charge >= 0.3 is 0 Å². The molecule has 8 nitrogen and oxygen atoms in total. The highest BCUT2D eigenvalue weighted by Crippen LogP contribution is 2.37. The quantitative estimate of drug-likeness (QED) is 0.738. The highest BCUT2D eigenvalue weighted by Gasteiger charge is 2.15. The van der Waals surface area contributed by atoms with Crippen LogP contribution in [-0.2, 0) is 10.0 Å². The number of benzene rings is 1. The highest BCUT2D eigenvalue weighted by atomic mass is 32.2. The van der Waals surface area contributed by atoms with Gasteiger partial charge in [-0.1, -0.05) is 11.3 Å². The van der Waals surface area contributed by atoms with Gasteiger partial charge in [-0.3, -0.25) is 4.72 Å². The third kappa shape index (κ3) is 3.24. The molecule has 24 heavy (non-hydrogen) atoms. The number of hydrogen-bond acceptors (Lipinski definition) is 8. The molecule has 0 saturated heterocycles. The summed E-state index contributed by atoms with van der Waals surface area (Å²) < 4.78 is 35.6. The van der Waals surface area contributed by atoms with Crippen molar-refractivity contribution in [1.82, 2.24) is 15.0 Å². The molecule has 10 heteroatoms. The van der Waals surface area contributed by atoms with E-state index < -0.39 is 10.0 Å². The van der Waals surface area contributed by atoms with Crippen LogP contribution in [0.25, 0.3) is 21.5 Å². The van der Waals surface area contributed by atoms with Crippen molar-refractivity contribution in [2.45, 2.75) is 0 Å². The summed E-state index contributed by atoms with van der Waals surface area (Å²) in [5.41, 5.74) is 1.32. The maximum atomic E-state index is 11.3. The summed E-state index contributed by atoms with van der Waals surface area (Å²) in [6, 6.07) is 3.54. The van der Waals surface area contributed by atoms with Gasteiger partial charge in [0.25, 0.3) is 0 Å². The van der Waals surface area contributed by atoms with E-state index in [1.807, 2.05) is 0 Å². The second-order valence-corrected chi connectivity index (χ2v) is 7.63. The molecule has 3 aromatic rings. The van der Waals surface area contributed by atoms with Crippen molar-refractivity contribution in [3.63, 3.8) is 0 Å². The predicted molar refractivity (Wildman–Crippen MR) is 92.2 cm³/mol. The SMILES string of the molecule is COc1cc2ncnc(-c3cnc(NS(C)(=O)=O)s3)c2cc1OC. The van der Waals surface area contributed by atoms with Gasteiger partial charge in [-0.15, -0.1) is 0 Å². The number of rotatable bonds is 5. The molecule has 0 fully saturated rings. The lowest BCUT2D eigenvalue weighted by atomic mass is 10.1. The van der Waals surface area contributed by atoms with E-state index >= 15 is 0 Å². The van der Waals surface area contributed by atoms with Crippen LogP contribution in [0.2, 0.25) is 0 Å². The van der Waals surface area contributed by atoms with E-state index in [1.165, 1.54) is 17.7 Å². The zero-order valence-electron chi connectivity index (χ0n) is 13.1. The van der Waals surface area contributed by atoms with E-state index in [0.717, 1.165) is 11.6 Å². The van der Waals surface area contributed by atoms with Crippen molar-refractivity contribution in [3.8, 4) is 22.1 Å². The summed E-state index contributed by atoms with van der Waals surface area (Å²) in [6.45, 7) is 0. The second-order valence-electron chi connectivity index (χ2n) is 4.85. The van der Waals surface area contributed by atoms with Crippen LogP contribution in [0.1, 0.15) is 0 Å². The highest BCUT2D eigenvalue weighted by molar-refractivity contribution is 7.92. The number of hydrogen-bond donors (Lipinski definition) is 1. The van der Waals surface area contributed by atoms with E-state index in [-0.39, 0.29) is 5.13 Å². The lowest BCUT2D eigenvalue weighted by Crippen LogP contribution is -2.08. The molecule has 2 heterocycles. The third-order valence-corrected chi connectivity index (χ3v) is 4.77. The zero-order chi connectivity index (χ0) is 17.3. The fourth-order valence-corrected chi connectivity index (χ4v) is 3.84. The molecule has 0 bridgehead atoms. The fourth-order valence-electron chi connectivity index (χ4n) is 2.17. The first kappa shape index (κ1) is 16.4. The second kappa shape index (κ2) is 6.21. The Balaban J connectivity index is 2.13. The van der Waals surface area contributed by atoms with E-state index in [2.05, 4.69) is 19.7 Å². The Morgan fingerprint density at radius 1 is 1.08 bits per heavy atom. The number of fused-ring (bicyclic) bond motifs is 1. The molecule has 0 aliphatic rings. The van der Waals surface area contributed by atoms with Crippen molar-refractivity contribution in [1.29, 1.82) is 0 Å². The smallest absolute Gasteiger partial charge is 0.231 e. The van der Waals surface area contributed by atoms with E-state index in [4.69, 9.17) is 9.47 Å². The molecule has 0 radical (unpaired) electrons. The average Bonchev–Trinajstić information content (AvgIpc) is 2.99. The maximum absolute atomic E-state index is 11.3. The van der Waals surface area contributed by atoms with Crippen molar-refractivity contribution in [2.75, 3.05) is 25.2 Å². The monoisotopic (exact) mass is 366 g/mol. The molecule has 0 spiro atoms. The summed E-state index contributed by atoms with van der Waals surface area (Å²) in [5, 5.41) is 1.03. The molecule has 0 aliphatic carbocycles. The van der Waals surface area contributed by atoms with Crippen LogP contribution in [0.3, 0.4) is 0 Å². The topological polar surface area (TPSA) is 103 Å². The number of nitrogens with zero attached hydrogens (tertiary/aromatic N) is 3. The molecular weight excluding hydrogens is 352 g/mol. The van der Waals surface area contributed by atoms with E-state index in [9.17, 15) is 8.42 Å². The van der Waals surface area contributed by atoms with Crippen LogP contribution in [0.5, 0.6) is 11.5 Å². The van der Waals surface area contributed by atoms with Gasteiger partial charge in [0, 0.05) is 17.6 Å². The number of thiazole rings is 1. The number of ether oxygens (including phenoxy) is 2. The summed E-state index contributed by atoms with van der Waals surface area (Å²) in [6.07, 6.45) is 4.08. The minimum Gasteiger partial charge on any atom is -0.493 e. The van der Waals surface area contributed by atoms with Crippen LogP contribution in [0, 0.1) is 0 Å². The Labute approximate surface area is 142 Å². The van der Waals surface area contributed by atoms with E-state index in [0.29, 0.717) is 27.6 Å². The molecule has 0 unspecified atom stereocenters. The standard InChI is InChI=1S/C14H14N4O4S2/c1-21-10-4-8-9(5-11(10)22-2)16-7-17-13(8)12-6-15-14(23-12)18-24(3,19)20/h4-7H,1-3H3,(H,15,18). The average molecular weight is 366 g/mol. The number of sulfonamides is 1. The van der Waals surface area contributed by atoms with Gasteiger partial charge in [0.05, 0.1) is 36.6 Å². The van der Waals surface area contributed by atoms with Crippen molar-refractivity contribution in [2.24, 2.45) is 0 Å². The van der Waals surface area contributed by atoms with Gasteiger partial charge in [0.2, 0.25) is 10.0 Å². The Hall–Kier alpha value is -2.46. The fraction of sp³-hybridized carbons (Fsp3) is 0.214. The van der Waals surface area contributed by atoms with Gasteiger partial charge in [-0.05, 0) is 6.07 Å². The Bertz CT molecular complexity index is 1000. The lowest BCUT2D eigenvalue weighted by molar-refractivity contribution is 0.356. The molecule has 0 atom stereocenters. The molecule has 126 valence electrons. The van der Waals surface area contributed by atoms with Crippen LogP contribution < -0.4 is 14.2 Å². The summed E-state index contributed by atoms with van der Waals surface area (Å²) >= 11 is 1.19. The Morgan fingerprint density at radius 2 is 1.79 bits per heavy atom. The molecule has 1 N–H and O–H groups in total. The largest absolute Gasteiger partial charge is 0.493 e. The van der Waals surface area contributed by atoms with Gasteiger partial charge < -0.3 is 9.47 Å². The maximum Gasteiger partial charge on any atom is 0.231 e. The summed E-state index contributed by atoms with van der Waals surface area (Å²) in [4.78, 5) is 13.3. The van der Waals surface area contributed by atoms with Gasteiger partial charge in [-0.25, -0.2) is 23.4 Å². The van der Waals surface area contributed by atoms with Gasteiger partial charge in [-0.2, -0.15) is 0 Å². The molecule has 0 saturated carbocycles. The lowest BCUT2D eigenvalue weighted by Gasteiger charge is -2.10. The number of anilines is 1. The zero-order valence-corrected chi connectivity index (χ0v) is 14.7. The molecule has 1 aromatic carbocycles. The van der Waals surface area contributed by atoms with E-state index in [1.54, 1.807) is 32.5 Å². The summed E-state index contributed by atoms with van der Waals surface area (Å²) in [7, 11) is -0.276. The normalized spacial score (nSPS) is 11.5. The molecule has 3 rings (SSSR count). The molecule has 0 aliphatic heterocycles. The van der Waals surface area contributed by atoms with Gasteiger partial charge in [0.15, 0.2) is 16.6 Å². The van der Waals surface area contributed by atoms with Gasteiger partial charge in [0.1, 0.15) is 6.33 Å². The first-order valence-electron chi connectivity index (χ1n) is 6.72. The third-order valence-electron chi connectivity index (χ3n) is 3.15.